The maximum Gasteiger partial charge on any atom is 0.00749 e. The van der Waals surface area contributed by atoms with Crippen molar-refractivity contribution in [3.63, 3.8) is 0 Å². The van der Waals surface area contributed by atoms with Gasteiger partial charge in [-0.2, -0.15) is 0 Å². The summed E-state index contributed by atoms with van der Waals surface area (Å²) in [5.74, 6) is 1.64. The van der Waals surface area contributed by atoms with Gasteiger partial charge in [-0.15, -0.1) is 0 Å². The number of rotatable bonds is 3. The van der Waals surface area contributed by atoms with E-state index in [1.54, 1.807) is 0 Å². The average molecular weight is 195 g/mol. The van der Waals surface area contributed by atoms with Crippen molar-refractivity contribution >= 4 is 0 Å². The van der Waals surface area contributed by atoms with Crippen molar-refractivity contribution in [3.05, 3.63) is 0 Å². The number of hydrogen-bond acceptors (Lipinski definition) is 1. The third-order valence-electron chi connectivity index (χ3n) is 4.60. The number of nitrogens with two attached hydrogens (primary N) is 1. The quantitative estimate of drug-likeness (QED) is 0.734. The minimum atomic E-state index is 0.488. The van der Waals surface area contributed by atoms with Gasteiger partial charge in [-0.1, -0.05) is 26.7 Å². The van der Waals surface area contributed by atoms with Crippen LogP contribution < -0.4 is 5.73 Å². The summed E-state index contributed by atoms with van der Waals surface area (Å²) in [6, 6.07) is 0.488. The van der Waals surface area contributed by atoms with Gasteiger partial charge >= 0.3 is 0 Å². The van der Waals surface area contributed by atoms with Crippen LogP contribution in [0.5, 0.6) is 0 Å². The van der Waals surface area contributed by atoms with Crippen molar-refractivity contribution in [3.8, 4) is 0 Å². The van der Waals surface area contributed by atoms with Crippen LogP contribution in [0.2, 0.25) is 0 Å². The molecule has 0 aromatic heterocycles. The zero-order valence-electron chi connectivity index (χ0n) is 9.76. The van der Waals surface area contributed by atoms with Gasteiger partial charge in [0.1, 0.15) is 0 Å². The van der Waals surface area contributed by atoms with Gasteiger partial charge in [0.05, 0.1) is 0 Å². The summed E-state index contributed by atoms with van der Waals surface area (Å²) in [7, 11) is 0. The number of hydrogen-bond donors (Lipinski definition) is 1. The fourth-order valence-electron chi connectivity index (χ4n) is 3.80. The molecule has 2 unspecified atom stereocenters. The van der Waals surface area contributed by atoms with Crippen molar-refractivity contribution in [2.24, 2.45) is 23.0 Å². The standard InChI is InChI=1S/C13H25N/c1-10(2)9-12(14)11-5-8-13(11)6-3-4-7-13/h10-12H,3-9,14H2,1-2H3. The summed E-state index contributed by atoms with van der Waals surface area (Å²) in [5, 5.41) is 0. The lowest BCUT2D eigenvalue weighted by Crippen LogP contribution is -2.49. The summed E-state index contributed by atoms with van der Waals surface area (Å²) in [4.78, 5) is 0. The summed E-state index contributed by atoms with van der Waals surface area (Å²) in [5.41, 5.74) is 7.05. The molecule has 2 aliphatic rings. The second kappa shape index (κ2) is 3.84. The molecule has 1 heteroatoms. The highest BCUT2D eigenvalue weighted by Crippen LogP contribution is 2.58. The van der Waals surface area contributed by atoms with Crippen LogP contribution in [0.4, 0.5) is 0 Å². The van der Waals surface area contributed by atoms with E-state index in [-0.39, 0.29) is 0 Å². The Morgan fingerprint density at radius 3 is 2.29 bits per heavy atom. The van der Waals surface area contributed by atoms with Gasteiger partial charge in [-0.25, -0.2) is 0 Å². The zero-order valence-corrected chi connectivity index (χ0v) is 9.76. The molecule has 2 atom stereocenters. The molecule has 2 fully saturated rings. The Kier molecular flexibility index (Phi) is 2.88. The van der Waals surface area contributed by atoms with Crippen molar-refractivity contribution in [1.82, 2.24) is 0 Å². The summed E-state index contributed by atoms with van der Waals surface area (Å²) in [6.45, 7) is 4.58. The first-order valence-corrected chi connectivity index (χ1v) is 6.40. The second-order valence-electron chi connectivity index (χ2n) is 6.01. The van der Waals surface area contributed by atoms with E-state index in [2.05, 4.69) is 13.8 Å². The fraction of sp³-hybridized carbons (Fsp3) is 1.00. The second-order valence-corrected chi connectivity index (χ2v) is 6.01. The van der Waals surface area contributed by atoms with Crippen LogP contribution in [0.15, 0.2) is 0 Å². The molecule has 0 heterocycles. The predicted octanol–water partition coefficient (Wildman–Crippen LogP) is 3.33. The van der Waals surface area contributed by atoms with Crippen molar-refractivity contribution in [2.75, 3.05) is 0 Å². The fourth-order valence-corrected chi connectivity index (χ4v) is 3.80. The molecule has 1 nitrogen and oxygen atoms in total. The van der Waals surface area contributed by atoms with E-state index >= 15 is 0 Å². The van der Waals surface area contributed by atoms with Crippen molar-refractivity contribution in [2.45, 2.75) is 64.8 Å². The minimum Gasteiger partial charge on any atom is -0.327 e. The van der Waals surface area contributed by atoms with Gasteiger partial charge in [-0.3, -0.25) is 0 Å². The molecule has 14 heavy (non-hydrogen) atoms. The third kappa shape index (κ3) is 1.71. The van der Waals surface area contributed by atoms with Crippen LogP contribution in [-0.2, 0) is 0 Å². The molecule has 0 bridgehead atoms. The summed E-state index contributed by atoms with van der Waals surface area (Å²) >= 11 is 0. The molecule has 2 N–H and O–H groups in total. The Morgan fingerprint density at radius 2 is 1.86 bits per heavy atom. The molecule has 0 aromatic carbocycles. The largest absolute Gasteiger partial charge is 0.327 e. The van der Waals surface area contributed by atoms with E-state index in [0.717, 1.165) is 11.8 Å². The van der Waals surface area contributed by atoms with Crippen LogP contribution in [0.1, 0.15) is 58.8 Å². The van der Waals surface area contributed by atoms with E-state index in [0.29, 0.717) is 11.5 Å². The first-order chi connectivity index (χ1) is 6.64. The highest BCUT2D eigenvalue weighted by molar-refractivity contribution is 5.02. The molecule has 1 spiro atoms. The molecule has 0 saturated heterocycles. The van der Waals surface area contributed by atoms with E-state index in [4.69, 9.17) is 5.73 Å². The van der Waals surface area contributed by atoms with Crippen LogP contribution in [-0.4, -0.2) is 6.04 Å². The molecule has 0 aliphatic heterocycles. The molecule has 82 valence electrons. The normalized spacial score (nSPS) is 32.1. The molecule has 2 saturated carbocycles. The van der Waals surface area contributed by atoms with Gasteiger partial charge in [0.25, 0.3) is 0 Å². The Balaban J connectivity index is 1.91. The van der Waals surface area contributed by atoms with Gasteiger partial charge in [0, 0.05) is 6.04 Å². The van der Waals surface area contributed by atoms with E-state index < -0.39 is 0 Å². The van der Waals surface area contributed by atoms with Crippen LogP contribution in [0.25, 0.3) is 0 Å². The van der Waals surface area contributed by atoms with Crippen molar-refractivity contribution in [1.29, 1.82) is 0 Å². The summed E-state index contributed by atoms with van der Waals surface area (Å²) in [6.07, 6.45) is 9.99. The third-order valence-corrected chi connectivity index (χ3v) is 4.60. The Hall–Kier alpha value is -0.0400. The van der Waals surface area contributed by atoms with Gasteiger partial charge in [0.2, 0.25) is 0 Å². The predicted molar refractivity (Wildman–Crippen MR) is 61.1 cm³/mol. The Labute approximate surface area is 88.4 Å². The van der Waals surface area contributed by atoms with Crippen molar-refractivity contribution < 1.29 is 0 Å². The molecule has 2 rings (SSSR count). The highest BCUT2D eigenvalue weighted by atomic mass is 14.7. The van der Waals surface area contributed by atoms with E-state index in [9.17, 15) is 0 Å². The first-order valence-electron chi connectivity index (χ1n) is 6.40. The van der Waals surface area contributed by atoms with Crippen LogP contribution >= 0.6 is 0 Å². The molecule has 2 aliphatic carbocycles. The maximum absolute atomic E-state index is 6.33. The molecule has 0 aromatic rings. The lowest BCUT2D eigenvalue weighted by Gasteiger charge is -2.50. The van der Waals surface area contributed by atoms with Gasteiger partial charge < -0.3 is 5.73 Å². The molecular weight excluding hydrogens is 170 g/mol. The van der Waals surface area contributed by atoms with E-state index in [1.807, 2.05) is 0 Å². The highest BCUT2D eigenvalue weighted by Gasteiger charge is 2.49. The van der Waals surface area contributed by atoms with Crippen LogP contribution in [0.3, 0.4) is 0 Å². The van der Waals surface area contributed by atoms with Gasteiger partial charge in [0.15, 0.2) is 0 Å². The summed E-state index contributed by atoms with van der Waals surface area (Å²) < 4.78 is 0. The molecule has 0 radical (unpaired) electrons. The minimum absolute atomic E-state index is 0.488. The lowest BCUT2D eigenvalue weighted by molar-refractivity contribution is 0.0125. The average Bonchev–Trinajstić information content (AvgIpc) is 2.49. The first kappa shape index (κ1) is 10.5. The Bertz CT molecular complexity index is 191. The molecular formula is C13H25N. The lowest BCUT2D eigenvalue weighted by atomic mass is 9.56. The SMILES string of the molecule is CC(C)CC(N)C1CCC12CCCC2. The zero-order chi connectivity index (χ0) is 10.2. The van der Waals surface area contributed by atoms with Gasteiger partial charge in [-0.05, 0) is 49.4 Å². The maximum atomic E-state index is 6.33. The van der Waals surface area contributed by atoms with Crippen LogP contribution in [0, 0.1) is 17.3 Å². The van der Waals surface area contributed by atoms with E-state index in [1.165, 1.54) is 44.9 Å². The Morgan fingerprint density at radius 1 is 1.21 bits per heavy atom. The topological polar surface area (TPSA) is 26.0 Å². The smallest absolute Gasteiger partial charge is 0.00749 e. The molecule has 0 amide bonds. The monoisotopic (exact) mass is 195 g/mol.